The van der Waals surface area contributed by atoms with E-state index in [-0.39, 0.29) is 59.4 Å². The Balaban J connectivity index is 0.000000222. The van der Waals surface area contributed by atoms with Crippen molar-refractivity contribution in [3.63, 3.8) is 0 Å². The molecule has 2 fully saturated rings. The number of hydrogen-bond acceptors (Lipinski definition) is 12. The number of likely N-dealkylation sites (N-methyl/N-ethyl adjacent to an activating group) is 6. The topological polar surface area (TPSA) is 122 Å². The summed E-state index contributed by atoms with van der Waals surface area (Å²) in [6.07, 6.45) is 7.35. The number of hydrogen-bond donors (Lipinski definition) is 0. The normalized spacial score (nSPS) is 23.4. The van der Waals surface area contributed by atoms with Crippen LogP contribution < -0.4 is 4.90 Å². The van der Waals surface area contributed by atoms with Crippen LogP contribution in [0.2, 0.25) is 0 Å². The highest BCUT2D eigenvalue weighted by Crippen LogP contribution is 2.31. The van der Waals surface area contributed by atoms with E-state index >= 15 is 0 Å². The van der Waals surface area contributed by atoms with Gasteiger partial charge in [-0.2, -0.15) is 0 Å². The first kappa shape index (κ1) is 58.6. The van der Waals surface area contributed by atoms with Crippen LogP contribution in [0.15, 0.2) is 72.8 Å². The molecule has 0 spiro atoms. The lowest BCUT2D eigenvalue weighted by atomic mass is 9.91. The molecule has 0 N–H and O–H groups in total. The standard InChI is InChI=1S/2C12H15NO.C11H13NO.2C8H15NO.C6H13NO/c1-9(14)12-7-10-5-3-4-6-11(10)8-13(12)2;1-9(14)12-11-6-4-3-5-10(11)7-8-13(12)2;1-8(13)11-7-9-5-3-4-6-10(9)12(11)2;1-6-4-8(7(2)10)9(3)5-6;1-7(10)8-5-3-4-6-9(8)2;1-5(6(2)8)7(3)4/h2*3-6,12H,7-8H2,1-2H3;3-6,11H,7H2,1-2H3;6,8H,4-5H2,1-3H3;8H,3-6H2,1-2H3;5H,1-4H3. The second-order valence-electron chi connectivity index (χ2n) is 20.3. The van der Waals surface area contributed by atoms with Gasteiger partial charge in [0.05, 0.1) is 36.3 Å². The fraction of sp³-hybridized carbons (Fsp3) is 0.579. The minimum Gasteiger partial charge on any atom is -0.364 e. The molecule has 5 heterocycles. The van der Waals surface area contributed by atoms with Crippen molar-refractivity contribution in [2.75, 3.05) is 73.9 Å². The highest BCUT2D eigenvalue weighted by molar-refractivity contribution is 5.88. The maximum absolute atomic E-state index is 11.5. The molecule has 2 saturated heterocycles. The van der Waals surface area contributed by atoms with Crippen LogP contribution in [0.3, 0.4) is 0 Å². The van der Waals surface area contributed by atoms with Gasteiger partial charge >= 0.3 is 0 Å². The monoisotopic (exact) mass is 951 g/mol. The summed E-state index contributed by atoms with van der Waals surface area (Å²) in [5.74, 6) is 2.29. The van der Waals surface area contributed by atoms with Crippen molar-refractivity contribution in [3.8, 4) is 0 Å². The van der Waals surface area contributed by atoms with Crippen molar-refractivity contribution >= 4 is 40.4 Å². The fourth-order valence-electron chi connectivity index (χ4n) is 9.97. The van der Waals surface area contributed by atoms with Gasteiger partial charge in [-0.05, 0) is 169 Å². The second kappa shape index (κ2) is 28.2. The molecule has 0 saturated carbocycles. The molecule has 12 heteroatoms. The van der Waals surface area contributed by atoms with Gasteiger partial charge in [-0.25, -0.2) is 0 Å². The van der Waals surface area contributed by atoms with E-state index in [1.807, 2.05) is 91.5 Å². The zero-order valence-corrected chi connectivity index (χ0v) is 44.9. The lowest BCUT2D eigenvalue weighted by molar-refractivity contribution is -0.123. The molecule has 5 aliphatic heterocycles. The van der Waals surface area contributed by atoms with Crippen LogP contribution >= 0.6 is 0 Å². The van der Waals surface area contributed by atoms with Gasteiger partial charge < -0.3 is 4.90 Å². The Hall–Kier alpha value is -4.72. The quantitative estimate of drug-likeness (QED) is 0.232. The zero-order valence-electron chi connectivity index (χ0n) is 44.9. The first-order chi connectivity index (χ1) is 32.5. The summed E-state index contributed by atoms with van der Waals surface area (Å²) in [5.41, 5.74) is 7.67. The third kappa shape index (κ3) is 17.6. The Morgan fingerprint density at radius 2 is 1.07 bits per heavy atom. The van der Waals surface area contributed by atoms with Crippen molar-refractivity contribution in [2.45, 2.75) is 143 Å². The van der Waals surface area contributed by atoms with Crippen molar-refractivity contribution in [1.82, 2.24) is 24.5 Å². The van der Waals surface area contributed by atoms with Crippen molar-refractivity contribution < 1.29 is 28.8 Å². The average molecular weight is 951 g/mol. The van der Waals surface area contributed by atoms with Crippen LogP contribution in [-0.4, -0.2) is 158 Å². The third-order valence-electron chi connectivity index (χ3n) is 14.4. The van der Waals surface area contributed by atoms with E-state index in [0.717, 1.165) is 58.3 Å². The number of carbonyl (C=O) groups excluding carboxylic acids is 6. The Bertz CT molecular complexity index is 2160. The van der Waals surface area contributed by atoms with Crippen LogP contribution in [0.1, 0.15) is 115 Å². The molecule has 0 amide bonds. The van der Waals surface area contributed by atoms with Gasteiger partial charge in [0, 0.05) is 38.8 Å². The van der Waals surface area contributed by atoms with E-state index in [9.17, 15) is 28.8 Å². The number of nitrogens with zero attached hydrogens (tertiary/aromatic N) is 6. The molecule has 12 nitrogen and oxygen atoms in total. The lowest BCUT2D eigenvalue weighted by Gasteiger charge is -2.32. The Morgan fingerprint density at radius 1 is 0.551 bits per heavy atom. The second-order valence-corrected chi connectivity index (χ2v) is 20.3. The fourth-order valence-corrected chi connectivity index (χ4v) is 9.97. The number of benzene rings is 3. The highest BCUT2D eigenvalue weighted by Gasteiger charge is 2.31. The van der Waals surface area contributed by atoms with E-state index in [4.69, 9.17) is 0 Å². The van der Waals surface area contributed by atoms with Crippen molar-refractivity contribution in [1.29, 1.82) is 0 Å². The molecule has 69 heavy (non-hydrogen) atoms. The van der Waals surface area contributed by atoms with Gasteiger partial charge in [0.2, 0.25) is 0 Å². The van der Waals surface area contributed by atoms with Crippen LogP contribution in [-0.2, 0) is 54.6 Å². The molecular formula is C57H86N6O6. The van der Waals surface area contributed by atoms with E-state index in [2.05, 4.69) is 73.9 Å². The predicted molar refractivity (Wildman–Crippen MR) is 281 cm³/mol. The molecule has 0 aromatic heterocycles. The molecule has 380 valence electrons. The van der Waals surface area contributed by atoms with E-state index in [1.54, 1.807) is 41.5 Å². The molecule has 7 unspecified atom stereocenters. The number of likely N-dealkylation sites (tertiary alicyclic amines) is 2. The van der Waals surface area contributed by atoms with E-state index < -0.39 is 0 Å². The van der Waals surface area contributed by atoms with Gasteiger partial charge in [0.1, 0.15) is 23.1 Å². The summed E-state index contributed by atoms with van der Waals surface area (Å²) in [7, 11) is 13.9. The number of piperidine rings is 1. The van der Waals surface area contributed by atoms with Crippen molar-refractivity contribution in [3.05, 3.63) is 101 Å². The maximum Gasteiger partial charge on any atom is 0.152 e. The zero-order chi connectivity index (χ0) is 51.7. The number of Topliss-reactive ketones (excluding diaryl/α,β-unsaturated/α-hetero) is 6. The summed E-state index contributed by atoms with van der Waals surface area (Å²) in [6, 6.07) is 25.4. The lowest BCUT2D eigenvalue weighted by Crippen LogP contribution is -2.42. The third-order valence-corrected chi connectivity index (χ3v) is 14.4. The summed E-state index contributed by atoms with van der Waals surface area (Å²) >= 11 is 0. The molecule has 7 atom stereocenters. The highest BCUT2D eigenvalue weighted by atomic mass is 16.1. The van der Waals surface area contributed by atoms with E-state index in [0.29, 0.717) is 17.5 Å². The molecule has 3 aromatic carbocycles. The SMILES string of the molecule is CC(=O)C(C)N(C)C.CC(=O)C1CC(C)CN1C.CC(=O)C1CCCCN1C.CC(=O)C1Cc2ccccc2CN1C.CC(=O)C1Cc2ccccc2N1C.CC(=O)C1c2ccccc2CCN1C. The van der Waals surface area contributed by atoms with Gasteiger partial charge in [-0.1, -0.05) is 80.1 Å². The number of fused-ring (bicyclic) bond motifs is 3. The molecule has 0 aliphatic carbocycles. The smallest absolute Gasteiger partial charge is 0.152 e. The molecular weight excluding hydrogens is 865 g/mol. The van der Waals surface area contributed by atoms with Crippen LogP contribution in [0.4, 0.5) is 5.69 Å². The maximum atomic E-state index is 11.5. The Morgan fingerprint density at radius 3 is 1.52 bits per heavy atom. The molecule has 0 radical (unpaired) electrons. The first-order valence-electron chi connectivity index (χ1n) is 24.9. The van der Waals surface area contributed by atoms with Crippen LogP contribution in [0, 0.1) is 5.92 Å². The number of para-hydroxylation sites is 1. The minimum absolute atomic E-state index is 0.0278. The summed E-state index contributed by atoms with van der Waals surface area (Å²) < 4.78 is 0. The number of carbonyl (C=O) groups is 6. The summed E-state index contributed by atoms with van der Waals surface area (Å²) in [5, 5.41) is 0. The average Bonchev–Trinajstić information content (AvgIpc) is 3.83. The summed E-state index contributed by atoms with van der Waals surface area (Å²) in [4.78, 5) is 79.2. The Labute approximate surface area is 415 Å². The number of ketones is 6. The van der Waals surface area contributed by atoms with Gasteiger partial charge in [-0.3, -0.25) is 53.3 Å². The minimum atomic E-state index is -0.0278. The molecule has 8 rings (SSSR count). The summed E-state index contributed by atoms with van der Waals surface area (Å²) in [6.45, 7) is 18.1. The predicted octanol–water partition coefficient (Wildman–Crippen LogP) is 7.57. The van der Waals surface area contributed by atoms with Gasteiger partial charge in [0.15, 0.2) is 11.6 Å². The molecule has 3 aromatic rings. The van der Waals surface area contributed by atoms with Gasteiger partial charge in [-0.15, -0.1) is 0 Å². The Kier molecular flexibility index (Phi) is 24.0. The first-order valence-corrected chi connectivity index (χ1v) is 24.9. The largest absolute Gasteiger partial charge is 0.364 e. The molecule has 5 aliphatic rings. The van der Waals surface area contributed by atoms with Crippen LogP contribution in [0.5, 0.6) is 0 Å². The number of anilines is 1. The van der Waals surface area contributed by atoms with Crippen LogP contribution in [0.25, 0.3) is 0 Å². The van der Waals surface area contributed by atoms with Crippen molar-refractivity contribution in [2.24, 2.45) is 5.92 Å². The number of rotatable bonds is 7. The molecule has 0 bridgehead atoms. The van der Waals surface area contributed by atoms with Gasteiger partial charge in [0.25, 0.3) is 0 Å². The van der Waals surface area contributed by atoms with E-state index in [1.165, 1.54) is 46.3 Å².